The maximum Gasteiger partial charge on any atom is 0.237 e. The molecule has 144 valence electrons. The van der Waals surface area contributed by atoms with E-state index in [1.807, 2.05) is 16.7 Å². The number of nitrogens with zero attached hydrogens (tertiary/aromatic N) is 5. The van der Waals surface area contributed by atoms with Gasteiger partial charge in [0.25, 0.3) is 0 Å². The Morgan fingerprint density at radius 2 is 2.22 bits per heavy atom. The number of rotatable bonds is 10. The molecular formula is C17H22N6O3S. The van der Waals surface area contributed by atoms with Crippen LogP contribution in [0.1, 0.15) is 43.6 Å². The van der Waals surface area contributed by atoms with Gasteiger partial charge in [0.1, 0.15) is 11.6 Å². The molecule has 0 radical (unpaired) electrons. The molecule has 10 heteroatoms. The summed E-state index contributed by atoms with van der Waals surface area (Å²) in [5, 5.41) is 13.1. The van der Waals surface area contributed by atoms with Crippen LogP contribution in [-0.4, -0.2) is 30.8 Å². The van der Waals surface area contributed by atoms with Crippen LogP contribution < -0.4 is 5.73 Å². The Morgan fingerprint density at radius 1 is 1.37 bits per heavy atom. The number of carbonyl (C=O) groups excluding carboxylic acids is 1. The molecule has 1 amide bonds. The number of hydrogen-bond donors (Lipinski definition) is 1. The van der Waals surface area contributed by atoms with Crippen LogP contribution in [0.2, 0.25) is 0 Å². The molecule has 3 aromatic rings. The monoisotopic (exact) mass is 390 g/mol. The van der Waals surface area contributed by atoms with E-state index in [0.29, 0.717) is 47.3 Å². The minimum Gasteiger partial charge on any atom is -0.467 e. The number of primary amides is 1. The van der Waals surface area contributed by atoms with Crippen molar-refractivity contribution < 1.29 is 13.7 Å². The van der Waals surface area contributed by atoms with E-state index in [9.17, 15) is 4.79 Å². The zero-order chi connectivity index (χ0) is 19.2. The summed E-state index contributed by atoms with van der Waals surface area (Å²) in [6.07, 6.45) is 3.02. The van der Waals surface area contributed by atoms with Gasteiger partial charge in [0.05, 0.1) is 18.6 Å². The van der Waals surface area contributed by atoms with Crippen LogP contribution in [0.4, 0.5) is 0 Å². The highest BCUT2D eigenvalue weighted by Gasteiger charge is 2.16. The fourth-order valence-corrected chi connectivity index (χ4v) is 3.28. The summed E-state index contributed by atoms with van der Waals surface area (Å²) in [5.74, 6) is 3.28. The average molecular weight is 390 g/mol. The van der Waals surface area contributed by atoms with Crippen LogP contribution in [0, 0.1) is 5.92 Å². The molecule has 0 aliphatic heterocycles. The topological polar surface area (TPSA) is 126 Å². The molecule has 0 spiro atoms. The van der Waals surface area contributed by atoms with E-state index in [1.54, 1.807) is 6.26 Å². The van der Waals surface area contributed by atoms with Gasteiger partial charge in [-0.15, -0.1) is 10.2 Å². The second kappa shape index (κ2) is 8.85. The summed E-state index contributed by atoms with van der Waals surface area (Å²) in [6, 6.07) is 3.70. The molecule has 0 aromatic carbocycles. The van der Waals surface area contributed by atoms with Crippen LogP contribution in [0.3, 0.4) is 0 Å². The molecule has 0 fully saturated rings. The maximum atomic E-state index is 11.1. The molecule has 0 saturated heterocycles. The number of aryl methyl sites for hydroxylation is 1. The van der Waals surface area contributed by atoms with E-state index in [2.05, 4.69) is 34.2 Å². The average Bonchev–Trinajstić information content (AvgIpc) is 3.33. The molecule has 27 heavy (non-hydrogen) atoms. The van der Waals surface area contributed by atoms with Crippen molar-refractivity contribution >= 4 is 17.7 Å². The van der Waals surface area contributed by atoms with Crippen LogP contribution in [0.25, 0.3) is 0 Å². The van der Waals surface area contributed by atoms with Crippen molar-refractivity contribution in [3.05, 3.63) is 41.7 Å². The fraction of sp³-hybridized carbons (Fsp3) is 0.471. The minimum atomic E-state index is -0.375. The zero-order valence-electron chi connectivity index (χ0n) is 15.3. The number of aromatic nitrogens is 5. The summed E-state index contributed by atoms with van der Waals surface area (Å²) >= 11 is 1.44. The molecule has 0 atom stereocenters. The SMILES string of the molecule is CC(C)Cc1noc(CSc2nnc(CCC(N)=O)n2Cc2ccco2)n1. The molecular weight excluding hydrogens is 368 g/mol. The zero-order valence-corrected chi connectivity index (χ0v) is 16.1. The Labute approximate surface area is 160 Å². The standard InChI is InChI=1S/C17H22N6O3S/c1-11(2)8-14-19-16(26-22-14)10-27-17-21-20-15(6-5-13(18)24)23(17)9-12-4-3-7-25-12/h3-4,7,11H,5-6,8-10H2,1-2H3,(H2,18,24). The lowest BCUT2D eigenvalue weighted by Gasteiger charge is -2.07. The molecule has 9 nitrogen and oxygen atoms in total. The number of hydrogen-bond acceptors (Lipinski definition) is 8. The molecule has 0 saturated carbocycles. The number of thioether (sulfide) groups is 1. The van der Waals surface area contributed by atoms with Crippen molar-refractivity contribution in [1.29, 1.82) is 0 Å². The number of nitrogens with two attached hydrogens (primary N) is 1. The summed E-state index contributed by atoms with van der Waals surface area (Å²) < 4.78 is 12.6. The van der Waals surface area contributed by atoms with Crippen molar-refractivity contribution in [1.82, 2.24) is 24.9 Å². The van der Waals surface area contributed by atoms with Crippen LogP contribution in [-0.2, 0) is 29.9 Å². The molecule has 0 unspecified atom stereocenters. The minimum absolute atomic E-state index is 0.211. The van der Waals surface area contributed by atoms with Crippen molar-refractivity contribution in [2.75, 3.05) is 0 Å². The van der Waals surface area contributed by atoms with Gasteiger partial charge in [0.15, 0.2) is 11.0 Å². The third-order valence-electron chi connectivity index (χ3n) is 3.71. The first kappa shape index (κ1) is 19.2. The lowest BCUT2D eigenvalue weighted by Crippen LogP contribution is -2.14. The van der Waals surface area contributed by atoms with E-state index in [-0.39, 0.29) is 12.3 Å². The lowest BCUT2D eigenvalue weighted by atomic mass is 10.1. The van der Waals surface area contributed by atoms with Gasteiger partial charge in [-0.2, -0.15) is 4.98 Å². The van der Waals surface area contributed by atoms with Crippen LogP contribution in [0.5, 0.6) is 0 Å². The summed E-state index contributed by atoms with van der Waals surface area (Å²) in [6.45, 7) is 4.68. The van der Waals surface area contributed by atoms with Gasteiger partial charge in [-0.05, 0) is 18.1 Å². The van der Waals surface area contributed by atoms with E-state index in [4.69, 9.17) is 14.7 Å². The van der Waals surface area contributed by atoms with Gasteiger partial charge in [0.2, 0.25) is 11.8 Å². The Balaban J connectivity index is 1.71. The Kier molecular flexibility index (Phi) is 6.28. The highest BCUT2D eigenvalue weighted by molar-refractivity contribution is 7.98. The fourth-order valence-electron chi connectivity index (χ4n) is 2.49. The van der Waals surface area contributed by atoms with E-state index in [1.165, 1.54) is 11.8 Å². The highest BCUT2D eigenvalue weighted by Crippen LogP contribution is 2.23. The smallest absolute Gasteiger partial charge is 0.237 e. The molecule has 3 rings (SSSR count). The predicted octanol–water partition coefficient (Wildman–Crippen LogP) is 2.21. The lowest BCUT2D eigenvalue weighted by molar-refractivity contribution is -0.118. The summed E-state index contributed by atoms with van der Waals surface area (Å²) in [4.78, 5) is 15.5. The van der Waals surface area contributed by atoms with Crippen LogP contribution >= 0.6 is 11.8 Å². The number of carbonyl (C=O) groups is 1. The first-order valence-corrected chi connectivity index (χ1v) is 9.67. The van der Waals surface area contributed by atoms with Gasteiger partial charge in [-0.1, -0.05) is 30.8 Å². The van der Waals surface area contributed by atoms with E-state index >= 15 is 0 Å². The van der Waals surface area contributed by atoms with Crippen molar-refractivity contribution in [2.24, 2.45) is 11.7 Å². The normalized spacial score (nSPS) is 11.4. The second-order valence-corrected chi connectivity index (χ2v) is 7.46. The molecule has 3 heterocycles. The third-order valence-corrected chi connectivity index (χ3v) is 4.66. The molecule has 0 bridgehead atoms. The van der Waals surface area contributed by atoms with E-state index in [0.717, 1.165) is 12.2 Å². The Morgan fingerprint density at radius 3 is 2.93 bits per heavy atom. The molecule has 0 aliphatic carbocycles. The quantitative estimate of drug-likeness (QED) is 0.522. The van der Waals surface area contributed by atoms with Crippen molar-refractivity contribution in [3.63, 3.8) is 0 Å². The summed E-state index contributed by atoms with van der Waals surface area (Å²) in [5.41, 5.74) is 5.26. The van der Waals surface area contributed by atoms with Crippen LogP contribution in [0.15, 0.2) is 32.5 Å². The molecule has 2 N–H and O–H groups in total. The van der Waals surface area contributed by atoms with Gasteiger partial charge < -0.3 is 14.7 Å². The highest BCUT2D eigenvalue weighted by atomic mass is 32.2. The largest absolute Gasteiger partial charge is 0.467 e. The third kappa shape index (κ3) is 5.43. The first-order chi connectivity index (χ1) is 13.0. The van der Waals surface area contributed by atoms with Gasteiger partial charge in [-0.3, -0.25) is 9.36 Å². The van der Waals surface area contributed by atoms with Crippen molar-refractivity contribution in [2.45, 2.75) is 50.6 Å². The Hall–Kier alpha value is -2.62. The number of amides is 1. The molecule has 3 aromatic heterocycles. The second-order valence-electron chi connectivity index (χ2n) is 6.52. The molecule has 0 aliphatic rings. The van der Waals surface area contributed by atoms with Gasteiger partial charge in [-0.25, -0.2) is 0 Å². The maximum absolute atomic E-state index is 11.1. The van der Waals surface area contributed by atoms with Crippen molar-refractivity contribution in [3.8, 4) is 0 Å². The summed E-state index contributed by atoms with van der Waals surface area (Å²) in [7, 11) is 0. The van der Waals surface area contributed by atoms with Gasteiger partial charge in [0, 0.05) is 19.3 Å². The first-order valence-electron chi connectivity index (χ1n) is 8.68. The van der Waals surface area contributed by atoms with E-state index < -0.39 is 0 Å². The predicted molar refractivity (Wildman–Crippen MR) is 97.7 cm³/mol. The Bertz CT molecular complexity index is 871. The number of furan rings is 1. The van der Waals surface area contributed by atoms with Gasteiger partial charge >= 0.3 is 0 Å².